The maximum absolute atomic E-state index is 13.9. The minimum Gasteiger partial charge on any atom is -0.353 e. The van der Waals surface area contributed by atoms with Gasteiger partial charge in [-0.1, -0.05) is 0 Å². The Labute approximate surface area is 162 Å². The average molecular weight is 387 g/mol. The van der Waals surface area contributed by atoms with Crippen molar-refractivity contribution in [1.82, 2.24) is 20.4 Å². The van der Waals surface area contributed by atoms with E-state index in [0.29, 0.717) is 18.5 Å². The van der Waals surface area contributed by atoms with E-state index in [2.05, 4.69) is 20.4 Å². The van der Waals surface area contributed by atoms with Gasteiger partial charge in [0.15, 0.2) is 5.82 Å². The maximum atomic E-state index is 13.9. The molecule has 0 radical (unpaired) electrons. The summed E-state index contributed by atoms with van der Waals surface area (Å²) in [6.45, 7) is 1.57. The van der Waals surface area contributed by atoms with Crippen molar-refractivity contribution in [3.05, 3.63) is 53.7 Å². The molecule has 1 aromatic heterocycles. The number of anilines is 1. The molecule has 1 aliphatic heterocycles. The first kappa shape index (κ1) is 18.6. The van der Waals surface area contributed by atoms with Crippen molar-refractivity contribution in [3.63, 3.8) is 0 Å². The first-order chi connectivity index (χ1) is 13.5. The maximum Gasteiger partial charge on any atom is 0.317 e. The fourth-order valence-corrected chi connectivity index (χ4v) is 3.86. The Morgan fingerprint density at radius 3 is 2.96 bits per heavy atom. The first-order valence-electron chi connectivity index (χ1n) is 9.54. The summed E-state index contributed by atoms with van der Waals surface area (Å²) in [6, 6.07) is 6.93. The summed E-state index contributed by atoms with van der Waals surface area (Å²) in [4.78, 5) is 16.5. The van der Waals surface area contributed by atoms with Crippen LogP contribution in [0.3, 0.4) is 0 Å². The van der Waals surface area contributed by atoms with Gasteiger partial charge in [0, 0.05) is 38.3 Å². The van der Waals surface area contributed by atoms with Crippen molar-refractivity contribution in [2.24, 2.45) is 0 Å². The topological polar surface area (TPSA) is 61.4 Å². The quantitative estimate of drug-likeness (QED) is 0.876. The van der Waals surface area contributed by atoms with Gasteiger partial charge in [-0.05, 0) is 55.2 Å². The lowest BCUT2D eigenvalue weighted by Gasteiger charge is -2.38. The highest BCUT2D eigenvalue weighted by molar-refractivity contribution is 5.75. The molecule has 1 saturated heterocycles. The third kappa shape index (κ3) is 3.90. The van der Waals surface area contributed by atoms with Crippen molar-refractivity contribution in [3.8, 4) is 0 Å². The Morgan fingerprint density at radius 2 is 2.18 bits per heavy atom. The highest BCUT2D eigenvalue weighted by atomic mass is 19.1. The zero-order valence-electron chi connectivity index (χ0n) is 15.7. The number of carbonyl (C=O) groups is 1. The van der Waals surface area contributed by atoms with E-state index in [1.54, 1.807) is 18.1 Å². The van der Waals surface area contributed by atoms with Gasteiger partial charge >= 0.3 is 6.03 Å². The molecule has 1 aliphatic carbocycles. The third-order valence-corrected chi connectivity index (χ3v) is 5.60. The van der Waals surface area contributed by atoms with Gasteiger partial charge in [0.25, 0.3) is 0 Å². The molecule has 0 spiro atoms. The molecule has 1 aromatic carbocycles. The zero-order valence-corrected chi connectivity index (χ0v) is 15.7. The van der Waals surface area contributed by atoms with Crippen molar-refractivity contribution in [1.29, 1.82) is 0 Å². The lowest BCUT2D eigenvalue weighted by Crippen LogP contribution is -2.52. The van der Waals surface area contributed by atoms with E-state index in [-0.39, 0.29) is 24.0 Å². The van der Waals surface area contributed by atoms with Crippen LogP contribution in [-0.2, 0) is 0 Å². The van der Waals surface area contributed by atoms with Crippen molar-refractivity contribution in [2.45, 2.75) is 37.3 Å². The van der Waals surface area contributed by atoms with Crippen LogP contribution in [0.5, 0.6) is 0 Å². The largest absolute Gasteiger partial charge is 0.353 e. The van der Waals surface area contributed by atoms with Crippen LogP contribution in [0.25, 0.3) is 0 Å². The van der Waals surface area contributed by atoms with E-state index < -0.39 is 11.6 Å². The third-order valence-electron chi connectivity index (χ3n) is 5.60. The van der Waals surface area contributed by atoms with Crippen LogP contribution in [0.15, 0.2) is 36.5 Å². The molecule has 2 aliphatic rings. The van der Waals surface area contributed by atoms with E-state index in [9.17, 15) is 13.6 Å². The number of aromatic nitrogens is 2. The van der Waals surface area contributed by atoms with Gasteiger partial charge in [0.05, 0.1) is 6.04 Å². The molecular weight excluding hydrogens is 364 g/mol. The van der Waals surface area contributed by atoms with E-state index in [1.807, 2.05) is 12.1 Å². The standard InChI is InChI=1S/C20H23F2N5O/c1-26(14-4-3-9-27(12-14)19-5-2-8-23-25-19)20(28)24-18-11-16(18)15-10-13(21)6-7-17(15)22/h2,5-8,10,14,16,18H,3-4,9,11-12H2,1H3,(H,24,28)/t14-,16+,18-/m1/s1. The Balaban J connectivity index is 1.34. The Hall–Kier alpha value is -2.77. The smallest absolute Gasteiger partial charge is 0.317 e. The number of urea groups is 1. The molecule has 0 unspecified atom stereocenters. The number of benzene rings is 1. The first-order valence-corrected chi connectivity index (χ1v) is 9.54. The van der Waals surface area contributed by atoms with Gasteiger partial charge in [-0.2, -0.15) is 5.10 Å². The van der Waals surface area contributed by atoms with Gasteiger partial charge < -0.3 is 15.1 Å². The molecule has 8 heteroatoms. The molecule has 2 amide bonds. The predicted molar refractivity (Wildman–Crippen MR) is 101 cm³/mol. The van der Waals surface area contributed by atoms with Crippen LogP contribution in [-0.4, -0.2) is 53.3 Å². The van der Waals surface area contributed by atoms with Gasteiger partial charge in [0.2, 0.25) is 0 Å². The Bertz CT molecular complexity index is 850. The second-order valence-electron chi connectivity index (χ2n) is 7.50. The molecule has 2 fully saturated rings. The van der Waals surface area contributed by atoms with Gasteiger partial charge in [-0.15, -0.1) is 5.10 Å². The monoisotopic (exact) mass is 387 g/mol. The molecule has 1 N–H and O–H groups in total. The molecule has 148 valence electrons. The minimum absolute atomic E-state index is 0.0545. The summed E-state index contributed by atoms with van der Waals surface area (Å²) >= 11 is 0. The van der Waals surface area contributed by atoms with Gasteiger partial charge in [-0.25, -0.2) is 13.6 Å². The summed E-state index contributed by atoms with van der Waals surface area (Å²) < 4.78 is 27.3. The van der Waals surface area contributed by atoms with Crippen LogP contribution in [0.2, 0.25) is 0 Å². The van der Waals surface area contributed by atoms with Crippen LogP contribution in [0.1, 0.15) is 30.7 Å². The number of rotatable bonds is 4. The van der Waals surface area contributed by atoms with E-state index >= 15 is 0 Å². The number of piperidine rings is 1. The van der Waals surface area contributed by atoms with Gasteiger partial charge in [-0.3, -0.25) is 0 Å². The molecular formula is C20H23F2N5O. The van der Waals surface area contributed by atoms with Crippen molar-refractivity contribution >= 4 is 11.8 Å². The number of likely N-dealkylation sites (N-methyl/N-ethyl adjacent to an activating group) is 1. The second kappa shape index (κ2) is 7.69. The number of carbonyl (C=O) groups excluding carboxylic acids is 1. The highest BCUT2D eigenvalue weighted by Gasteiger charge is 2.42. The number of hydrogen-bond donors (Lipinski definition) is 1. The SMILES string of the molecule is CN(C(=O)N[C@@H]1C[C@H]1c1cc(F)ccc1F)[C@@H]1CCCN(c2cccnn2)C1. The van der Waals surface area contributed by atoms with Crippen LogP contribution >= 0.6 is 0 Å². The summed E-state index contributed by atoms with van der Waals surface area (Å²) in [5.74, 6) is -0.249. The molecule has 2 aromatic rings. The number of nitrogens with one attached hydrogen (secondary N) is 1. The summed E-state index contributed by atoms with van der Waals surface area (Å²) in [5, 5.41) is 11.0. The molecule has 0 bridgehead atoms. The Kier molecular flexibility index (Phi) is 5.11. The number of halogens is 2. The van der Waals surface area contributed by atoms with Crippen LogP contribution in [0.4, 0.5) is 19.4 Å². The lowest BCUT2D eigenvalue weighted by atomic mass is 10.0. The fourth-order valence-electron chi connectivity index (χ4n) is 3.86. The minimum atomic E-state index is -0.461. The van der Waals surface area contributed by atoms with E-state index in [4.69, 9.17) is 0 Å². The van der Waals surface area contributed by atoms with Crippen LogP contribution < -0.4 is 10.2 Å². The predicted octanol–water partition coefficient (Wildman–Crippen LogP) is 2.92. The normalized spacial score (nSPS) is 24.0. The fraction of sp³-hybridized carbons (Fsp3) is 0.450. The number of nitrogens with zero attached hydrogens (tertiary/aromatic N) is 4. The Morgan fingerprint density at radius 1 is 1.32 bits per heavy atom. The van der Waals surface area contributed by atoms with Crippen molar-refractivity contribution in [2.75, 3.05) is 25.0 Å². The van der Waals surface area contributed by atoms with Crippen LogP contribution in [0, 0.1) is 11.6 Å². The summed E-state index contributed by atoms with van der Waals surface area (Å²) in [6.07, 6.45) is 4.13. The molecule has 2 heterocycles. The van der Waals surface area contributed by atoms with Gasteiger partial charge in [0.1, 0.15) is 11.6 Å². The molecule has 3 atom stereocenters. The average Bonchev–Trinajstić information content (AvgIpc) is 3.48. The molecule has 1 saturated carbocycles. The molecule has 4 rings (SSSR count). The molecule has 6 nitrogen and oxygen atoms in total. The number of hydrogen-bond acceptors (Lipinski definition) is 4. The summed E-state index contributed by atoms with van der Waals surface area (Å²) in [7, 11) is 1.78. The van der Waals surface area contributed by atoms with E-state index in [1.165, 1.54) is 6.07 Å². The lowest BCUT2D eigenvalue weighted by molar-refractivity contribution is 0.182. The van der Waals surface area contributed by atoms with E-state index in [0.717, 1.165) is 37.3 Å². The zero-order chi connectivity index (χ0) is 19.7. The summed E-state index contributed by atoms with van der Waals surface area (Å²) in [5.41, 5.74) is 0.333. The van der Waals surface area contributed by atoms with Crippen molar-refractivity contribution < 1.29 is 13.6 Å². The second-order valence-corrected chi connectivity index (χ2v) is 7.50. The number of amides is 2. The molecule has 28 heavy (non-hydrogen) atoms. The highest BCUT2D eigenvalue weighted by Crippen LogP contribution is 2.42.